The van der Waals surface area contributed by atoms with Crippen molar-refractivity contribution in [3.8, 4) is 5.75 Å². The highest BCUT2D eigenvalue weighted by atomic mass is 19.3. The minimum atomic E-state index is -2.69. The molecule has 0 bridgehead atoms. The smallest absolute Gasteiger partial charge is 0.303 e. The third-order valence-corrected chi connectivity index (χ3v) is 4.97. The molecule has 0 saturated heterocycles. The van der Waals surface area contributed by atoms with Crippen LogP contribution in [0.2, 0.25) is 0 Å². The first-order valence-corrected chi connectivity index (χ1v) is 9.55. The number of aryl methyl sites for hydroxylation is 2. The highest BCUT2D eigenvalue weighted by Gasteiger charge is 2.18. The maximum Gasteiger partial charge on any atom is 0.303 e. The molecule has 2 aromatic carbocycles. The summed E-state index contributed by atoms with van der Waals surface area (Å²) in [5.74, 6) is -0.681. The molecule has 0 aromatic heterocycles. The molecule has 4 nitrogen and oxygen atoms in total. The quantitative estimate of drug-likeness (QED) is 0.659. The van der Waals surface area contributed by atoms with Crippen molar-refractivity contribution in [2.75, 3.05) is 19.8 Å². The summed E-state index contributed by atoms with van der Waals surface area (Å²) >= 11 is 0. The molecule has 0 aliphatic carbocycles. The maximum absolute atomic E-state index is 13.4. The second-order valence-electron chi connectivity index (χ2n) is 7.09. The Labute approximate surface area is 168 Å². The molecule has 1 aliphatic rings. The van der Waals surface area contributed by atoms with E-state index in [2.05, 4.69) is 24.3 Å². The molecule has 0 radical (unpaired) electrons. The van der Waals surface area contributed by atoms with E-state index in [1.165, 1.54) is 23.3 Å². The Balaban J connectivity index is 1.77. The van der Waals surface area contributed by atoms with Gasteiger partial charge in [-0.2, -0.15) is 0 Å². The van der Waals surface area contributed by atoms with Gasteiger partial charge in [-0.05, 0) is 54.2 Å². The van der Waals surface area contributed by atoms with Gasteiger partial charge in [0.15, 0.2) is 0 Å². The van der Waals surface area contributed by atoms with E-state index in [4.69, 9.17) is 14.6 Å². The van der Waals surface area contributed by atoms with Crippen LogP contribution < -0.4 is 4.74 Å². The van der Waals surface area contributed by atoms with Crippen LogP contribution in [0.4, 0.5) is 8.78 Å². The lowest BCUT2D eigenvalue weighted by Crippen LogP contribution is -2.16. The van der Waals surface area contributed by atoms with E-state index in [1.54, 1.807) is 6.07 Å². The van der Waals surface area contributed by atoms with E-state index in [9.17, 15) is 13.6 Å². The zero-order valence-electron chi connectivity index (χ0n) is 16.3. The molecule has 0 atom stereocenters. The van der Waals surface area contributed by atoms with Gasteiger partial charge in [0.25, 0.3) is 6.43 Å². The number of carboxylic acid groups (broad SMARTS) is 1. The third kappa shape index (κ3) is 5.64. The van der Waals surface area contributed by atoms with Crippen LogP contribution >= 0.6 is 0 Å². The molecule has 0 unspecified atom stereocenters. The van der Waals surface area contributed by atoms with Gasteiger partial charge in [0.1, 0.15) is 12.4 Å². The third-order valence-electron chi connectivity index (χ3n) is 4.97. The number of benzene rings is 2. The van der Waals surface area contributed by atoms with Crippen LogP contribution in [-0.4, -0.2) is 30.9 Å². The number of alkyl halides is 2. The Kier molecular flexibility index (Phi) is 6.99. The molecular formula is C23H24F2O4. The monoisotopic (exact) mass is 402 g/mol. The molecule has 0 saturated carbocycles. The van der Waals surface area contributed by atoms with Gasteiger partial charge >= 0.3 is 5.97 Å². The van der Waals surface area contributed by atoms with Crippen LogP contribution in [0, 0.1) is 6.92 Å². The summed E-state index contributed by atoms with van der Waals surface area (Å²) < 4.78 is 38.2. The first kappa shape index (κ1) is 21.0. The van der Waals surface area contributed by atoms with Crippen LogP contribution in [0.25, 0.3) is 5.57 Å². The number of hydrogen-bond acceptors (Lipinski definition) is 3. The number of rotatable bonds is 8. The molecule has 0 fully saturated rings. The predicted octanol–water partition coefficient (Wildman–Crippen LogP) is 5.20. The standard InChI is InChI=1S/C23H24F2O4/c1-15-2-4-16(5-3-15)20-10-11-28-13-18(20)14-29-19-8-6-17(7-9-22(26)27)21(12-19)23(24)25/h2-6,8,12,23H,7,9-11,13-14H2,1H3,(H,26,27). The van der Waals surface area contributed by atoms with Gasteiger partial charge < -0.3 is 14.6 Å². The average Bonchev–Trinajstić information content (AvgIpc) is 2.71. The van der Waals surface area contributed by atoms with Crippen molar-refractivity contribution in [2.24, 2.45) is 0 Å². The number of carbonyl (C=O) groups is 1. The lowest BCUT2D eigenvalue weighted by Gasteiger charge is -2.22. The topological polar surface area (TPSA) is 55.8 Å². The Morgan fingerprint density at radius 3 is 2.66 bits per heavy atom. The first-order valence-electron chi connectivity index (χ1n) is 9.55. The second-order valence-corrected chi connectivity index (χ2v) is 7.09. The van der Waals surface area contributed by atoms with Gasteiger partial charge in [0.2, 0.25) is 0 Å². The second kappa shape index (κ2) is 9.65. The van der Waals surface area contributed by atoms with E-state index in [0.717, 1.165) is 17.6 Å². The van der Waals surface area contributed by atoms with Gasteiger partial charge in [0.05, 0.1) is 13.2 Å². The van der Waals surface area contributed by atoms with Crippen LogP contribution in [0.3, 0.4) is 0 Å². The summed E-state index contributed by atoms with van der Waals surface area (Å²) in [6.45, 7) is 3.37. The van der Waals surface area contributed by atoms with Crippen molar-refractivity contribution in [3.63, 3.8) is 0 Å². The highest BCUT2D eigenvalue weighted by Crippen LogP contribution is 2.30. The summed E-state index contributed by atoms with van der Waals surface area (Å²) in [6, 6.07) is 12.7. The van der Waals surface area contributed by atoms with Crippen LogP contribution in [0.1, 0.15) is 41.5 Å². The van der Waals surface area contributed by atoms with Gasteiger partial charge in [-0.1, -0.05) is 35.9 Å². The van der Waals surface area contributed by atoms with Crippen molar-refractivity contribution in [2.45, 2.75) is 32.6 Å². The molecule has 29 heavy (non-hydrogen) atoms. The van der Waals surface area contributed by atoms with Crippen LogP contribution in [0.15, 0.2) is 48.0 Å². The Hall–Kier alpha value is -2.73. The zero-order valence-corrected chi connectivity index (χ0v) is 16.3. The molecule has 154 valence electrons. The largest absolute Gasteiger partial charge is 0.489 e. The number of hydrogen-bond donors (Lipinski definition) is 1. The molecule has 1 heterocycles. The van der Waals surface area contributed by atoms with Crippen molar-refractivity contribution >= 4 is 11.5 Å². The SMILES string of the molecule is Cc1ccc(C2=C(COc3ccc(CCC(=O)O)c(C(F)F)c3)COCC2)cc1. The highest BCUT2D eigenvalue weighted by molar-refractivity contribution is 5.70. The van der Waals surface area contributed by atoms with Gasteiger partial charge in [-0.25, -0.2) is 8.78 Å². The van der Waals surface area contributed by atoms with Gasteiger partial charge in [-0.15, -0.1) is 0 Å². The molecular weight excluding hydrogens is 378 g/mol. The summed E-state index contributed by atoms with van der Waals surface area (Å²) in [5, 5.41) is 8.79. The minimum absolute atomic E-state index is 0.0614. The van der Waals surface area contributed by atoms with Crippen molar-refractivity contribution in [1.29, 1.82) is 0 Å². The summed E-state index contributed by atoms with van der Waals surface area (Å²) in [5.41, 5.74) is 4.61. The molecule has 0 spiro atoms. The van der Waals surface area contributed by atoms with Crippen molar-refractivity contribution in [3.05, 3.63) is 70.3 Å². The van der Waals surface area contributed by atoms with E-state index in [1.807, 2.05) is 6.92 Å². The molecule has 6 heteroatoms. The Morgan fingerprint density at radius 2 is 1.97 bits per heavy atom. The first-order chi connectivity index (χ1) is 13.9. The average molecular weight is 402 g/mol. The van der Waals surface area contributed by atoms with E-state index in [-0.39, 0.29) is 25.0 Å². The molecule has 0 amide bonds. The Bertz CT molecular complexity index is 888. The molecule has 1 aliphatic heterocycles. The fraction of sp³-hybridized carbons (Fsp3) is 0.348. The van der Waals surface area contributed by atoms with Gasteiger partial charge in [0, 0.05) is 12.0 Å². The minimum Gasteiger partial charge on any atom is -0.489 e. The molecule has 2 aromatic rings. The fourth-order valence-corrected chi connectivity index (χ4v) is 3.37. The van der Waals surface area contributed by atoms with Crippen LogP contribution in [0.5, 0.6) is 5.75 Å². The molecule has 1 N–H and O–H groups in total. The fourth-order valence-electron chi connectivity index (χ4n) is 3.37. The lowest BCUT2D eigenvalue weighted by molar-refractivity contribution is -0.136. The normalized spacial score (nSPS) is 14.3. The maximum atomic E-state index is 13.4. The zero-order chi connectivity index (χ0) is 20.8. The van der Waals surface area contributed by atoms with E-state index < -0.39 is 12.4 Å². The number of halogens is 2. The molecule has 3 rings (SSSR count). The number of carboxylic acids is 1. The van der Waals surface area contributed by atoms with Crippen molar-refractivity contribution < 1.29 is 28.2 Å². The lowest BCUT2D eigenvalue weighted by atomic mass is 9.95. The van der Waals surface area contributed by atoms with Crippen LogP contribution in [-0.2, 0) is 16.0 Å². The number of ether oxygens (including phenoxy) is 2. The summed E-state index contributed by atoms with van der Waals surface area (Å²) in [4.78, 5) is 10.7. The summed E-state index contributed by atoms with van der Waals surface area (Å²) in [7, 11) is 0. The Morgan fingerprint density at radius 1 is 1.21 bits per heavy atom. The van der Waals surface area contributed by atoms with Crippen molar-refractivity contribution in [1.82, 2.24) is 0 Å². The van der Waals surface area contributed by atoms with E-state index in [0.29, 0.717) is 24.5 Å². The van der Waals surface area contributed by atoms with Gasteiger partial charge in [-0.3, -0.25) is 4.79 Å². The summed E-state index contributed by atoms with van der Waals surface area (Å²) in [6.07, 6.45) is -2.05. The number of aliphatic carboxylic acids is 1. The predicted molar refractivity (Wildman–Crippen MR) is 106 cm³/mol. The van der Waals surface area contributed by atoms with E-state index >= 15 is 0 Å².